The normalized spacial score (nSPS) is 12.3. The molecule has 2 rings (SSSR count). The molecular formula is C13H13NOS. The van der Waals surface area contributed by atoms with Gasteiger partial charge in [0.2, 0.25) is 0 Å². The maximum absolute atomic E-state index is 12.0. The Kier molecular flexibility index (Phi) is 3.47. The average molecular weight is 231 g/mol. The van der Waals surface area contributed by atoms with Crippen LogP contribution < -0.4 is 0 Å². The smallest absolute Gasteiger partial charge is 0.0574 e. The van der Waals surface area contributed by atoms with Crippen LogP contribution in [0.3, 0.4) is 0 Å². The lowest BCUT2D eigenvalue weighted by Crippen LogP contribution is -1.96. The Bertz CT molecular complexity index is 479. The van der Waals surface area contributed by atoms with Crippen molar-refractivity contribution in [1.29, 1.82) is 0 Å². The molecule has 0 saturated carbocycles. The topological polar surface area (TPSA) is 30.0 Å². The van der Waals surface area contributed by atoms with E-state index in [2.05, 4.69) is 4.98 Å². The average Bonchev–Trinajstić information content (AvgIpc) is 2.31. The van der Waals surface area contributed by atoms with Gasteiger partial charge in [0, 0.05) is 17.3 Å². The van der Waals surface area contributed by atoms with E-state index in [-0.39, 0.29) is 0 Å². The van der Waals surface area contributed by atoms with Gasteiger partial charge >= 0.3 is 0 Å². The van der Waals surface area contributed by atoms with Gasteiger partial charge in [-0.15, -0.1) is 0 Å². The molecule has 1 heterocycles. The Balaban J connectivity index is 2.12. The molecule has 82 valence electrons. The predicted molar refractivity (Wildman–Crippen MR) is 65.5 cm³/mol. The van der Waals surface area contributed by atoms with Crippen LogP contribution in [0.5, 0.6) is 0 Å². The van der Waals surface area contributed by atoms with Gasteiger partial charge in [0.1, 0.15) is 0 Å². The summed E-state index contributed by atoms with van der Waals surface area (Å²) < 4.78 is 12.0. The Morgan fingerprint density at radius 3 is 2.56 bits per heavy atom. The lowest BCUT2D eigenvalue weighted by atomic mass is 10.2. The van der Waals surface area contributed by atoms with Crippen LogP contribution in [0.2, 0.25) is 0 Å². The van der Waals surface area contributed by atoms with Crippen LogP contribution in [0.1, 0.15) is 11.1 Å². The second-order valence-corrected chi connectivity index (χ2v) is 5.12. The number of hydrogen-bond donors (Lipinski definition) is 0. The summed E-state index contributed by atoms with van der Waals surface area (Å²) in [4.78, 5) is 4.88. The Morgan fingerprint density at radius 2 is 1.94 bits per heavy atom. The minimum atomic E-state index is -0.983. The molecule has 0 aliphatic rings. The van der Waals surface area contributed by atoms with Crippen LogP contribution in [0.15, 0.2) is 53.7 Å². The quantitative estimate of drug-likeness (QED) is 0.813. The van der Waals surface area contributed by atoms with Gasteiger partial charge in [0.15, 0.2) is 0 Å². The first-order valence-corrected chi connectivity index (χ1v) is 6.41. The molecule has 1 aromatic carbocycles. The van der Waals surface area contributed by atoms with E-state index < -0.39 is 10.8 Å². The van der Waals surface area contributed by atoms with Crippen LogP contribution >= 0.6 is 0 Å². The van der Waals surface area contributed by atoms with E-state index >= 15 is 0 Å². The predicted octanol–water partition coefficient (Wildman–Crippen LogP) is 2.70. The van der Waals surface area contributed by atoms with E-state index in [9.17, 15) is 4.21 Å². The monoisotopic (exact) mass is 231 g/mol. The summed E-state index contributed by atoms with van der Waals surface area (Å²) in [6, 6.07) is 11.6. The van der Waals surface area contributed by atoms with Gasteiger partial charge in [-0.3, -0.25) is 9.19 Å². The summed E-state index contributed by atoms with van der Waals surface area (Å²) >= 11 is 0. The van der Waals surface area contributed by atoms with E-state index in [1.807, 2.05) is 43.3 Å². The van der Waals surface area contributed by atoms with Gasteiger partial charge in [-0.05, 0) is 30.7 Å². The van der Waals surface area contributed by atoms with E-state index in [4.69, 9.17) is 0 Å². The first kappa shape index (κ1) is 11.0. The first-order valence-electron chi connectivity index (χ1n) is 5.09. The number of nitrogens with zero attached hydrogens (tertiary/aromatic N) is 1. The number of benzene rings is 1. The zero-order valence-corrected chi connectivity index (χ0v) is 9.91. The summed E-state index contributed by atoms with van der Waals surface area (Å²) in [6.07, 6.45) is 3.48. The SMILES string of the molecule is Cc1ccc([S@](=O)Cc2cccnc2)cc1. The number of aromatic nitrogens is 1. The van der Waals surface area contributed by atoms with Gasteiger partial charge in [0.25, 0.3) is 0 Å². The first-order chi connectivity index (χ1) is 7.75. The third-order valence-electron chi connectivity index (χ3n) is 2.30. The third-order valence-corrected chi connectivity index (χ3v) is 3.70. The van der Waals surface area contributed by atoms with Crippen molar-refractivity contribution in [3.8, 4) is 0 Å². The molecule has 0 bridgehead atoms. The van der Waals surface area contributed by atoms with Crippen LogP contribution in [0.4, 0.5) is 0 Å². The molecular weight excluding hydrogens is 218 g/mol. The van der Waals surface area contributed by atoms with Gasteiger partial charge in [-0.2, -0.15) is 0 Å². The fraction of sp³-hybridized carbons (Fsp3) is 0.154. The number of hydrogen-bond acceptors (Lipinski definition) is 2. The molecule has 0 unspecified atom stereocenters. The highest BCUT2D eigenvalue weighted by Crippen LogP contribution is 2.12. The lowest BCUT2D eigenvalue weighted by molar-refractivity contribution is 0.682. The van der Waals surface area contributed by atoms with Crippen molar-refractivity contribution in [3.63, 3.8) is 0 Å². The zero-order valence-electron chi connectivity index (χ0n) is 9.09. The van der Waals surface area contributed by atoms with Crippen molar-refractivity contribution < 1.29 is 4.21 Å². The summed E-state index contributed by atoms with van der Waals surface area (Å²) in [7, 11) is -0.983. The zero-order chi connectivity index (χ0) is 11.4. The minimum absolute atomic E-state index is 0.525. The van der Waals surface area contributed by atoms with Gasteiger partial charge in [-0.25, -0.2) is 0 Å². The van der Waals surface area contributed by atoms with Gasteiger partial charge in [0.05, 0.1) is 16.6 Å². The van der Waals surface area contributed by atoms with Crippen LogP contribution in [0, 0.1) is 6.92 Å². The summed E-state index contributed by atoms with van der Waals surface area (Å²) in [5, 5.41) is 0. The van der Waals surface area contributed by atoms with Crippen LogP contribution in [-0.4, -0.2) is 9.19 Å². The molecule has 2 aromatic rings. The number of pyridine rings is 1. The molecule has 3 heteroatoms. The van der Waals surface area contributed by atoms with Crippen LogP contribution in [0.25, 0.3) is 0 Å². The Hall–Kier alpha value is -1.48. The fourth-order valence-corrected chi connectivity index (χ4v) is 2.49. The molecule has 1 aromatic heterocycles. The molecule has 0 N–H and O–H groups in total. The van der Waals surface area contributed by atoms with Gasteiger partial charge < -0.3 is 0 Å². The molecule has 0 saturated heterocycles. The molecule has 0 aliphatic heterocycles. The largest absolute Gasteiger partial charge is 0.264 e. The highest BCUT2D eigenvalue weighted by atomic mass is 32.2. The van der Waals surface area contributed by atoms with E-state index in [1.54, 1.807) is 12.4 Å². The Labute approximate surface area is 97.8 Å². The number of rotatable bonds is 3. The van der Waals surface area contributed by atoms with Gasteiger partial charge in [-0.1, -0.05) is 23.8 Å². The van der Waals surface area contributed by atoms with Crippen molar-refractivity contribution >= 4 is 10.8 Å². The van der Waals surface area contributed by atoms with Crippen molar-refractivity contribution in [3.05, 3.63) is 59.9 Å². The van der Waals surface area contributed by atoms with Crippen molar-refractivity contribution in [1.82, 2.24) is 4.98 Å². The fourth-order valence-electron chi connectivity index (χ4n) is 1.41. The van der Waals surface area contributed by atoms with E-state index in [0.717, 1.165) is 10.5 Å². The number of aryl methyl sites for hydroxylation is 1. The second kappa shape index (κ2) is 5.03. The molecule has 16 heavy (non-hydrogen) atoms. The third kappa shape index (κ3) is 2.76. The summed E-state index contributed by atoms with van der Waals surface area (Å²) in [5.74, 6) is 0.525. The summed E-state index contributed by atoms with van der Waals surface area (Å²) in [6.45, 7) is 2.02. The van der Waals surface area contributed by atoms with Crippen molar-refractivity contribution in [2.24, 2.45) is 0 Å². The summed E-state index contributed by atoms with van der Waals surface area (Å²) in [5.41, 5.74) is 2.18. The molecule has 0 radical (unpaired) electrons. The van der Waals surface area contributed by atoms with E-state index in [0.29, 0.717) is 5.75 Å². The molecule has 0 amide bonds. The highest BCUT2D eigenvalue weighted by Gasteiger charge is 2.04. The van der Waals surface area contributed by atoms with Crippen LogP contribution in [-0.2, 0) is 16.6 Å². The minimum Gasteiger partial charge on any atom is -0.264 e. The molecule has 0 spiro atoms. The van der Waals surface area contributed by atoms with Crippen molar-refractivity contribution in [2.75, 3.05) is 0 Å². The lowest BCUT2D eigenvalue weighted by Gasteiger charge is -2.02. The maximum atomic E-state index is 12.0. The highest BCUT2D eigenvalue weighted by molar-refractivity contribution is 7.84. The van der Waals surface area contributed by atoms with E-state index in [1.165, 1.54) is 5.56 Å². The molecule has 2 nitrogen and oxygen atoms in total. The molecule has 0 fully saturated rings. The van der Waals surface area contributed by atoms with Crippen molar-refractivity contribution in [2.45, 2.75) is 17.6 Å². The molecule has 1 atom stereocenters. The maximum Gasteiger partial charge on any atom is 0.0574 e. The second-order valence-electron chi connectivity index (χ2n) is 3.66. The standard InChI is InChI=1S/C13H13NOS/c1-11-4-6-13(7-5-11)16(15)10-12-3-2-8-14-9-12/h2-9H,10H2,1H3/t16-/m1/s1. The Morgan fingerprint density at radius 1 is 1.19 bits per heavy atom. The molecule has 0 aliphatic carbocycles.